The van der Waals surface area contributed by atoms with Crippen molar-refractivity contribution in [2.24, 2.45) is 4.99 Å². The Morgan fingerprint density at radius 3 is 2.59 bits per heavy atom. The number of carbonyl (C=O) groups excluding carboxylic acids is 1. The Kier molecular flexibility index (Phi) is 6.45. The molecule has 0 aliphatic carbocycles. The number of carbonyl (C=O) groups is 1. The number of halogens is 1. The SMILES string of the molecule is CC1=C(C(=O)OCc2ccccc2)C(c2cccs2)n2c(sc(=Cc3ccc(Br)cc3)c2=O)=N1. The molecule has 0 bridgehead atoms. The van der Waals surface area contributed by atoms with Gasteiger partial charge < -0.3 is 4.74 Å². The van der Waals surface area contributed by atoms with E-state index >= 15 is 0 Å². The molecule has 3 heterocycles. The zero-order chi connectivity index (χ0) is 23.7. The minimum Gasteiger partial charge on any atom is -0.457 e. The monoisotopic (exact) mass is 550 g/mol. The van der Waals surface area contributed by atoms with Crippen molar-refractivity contribution in [1.29, 1.82) is 0 Å². The normalized spacial score (nSPS) is 15.7. The lowest BCUT2D eigenvalue weighted by atomic mass is 10.0. The minimum atomic E-state index is -0.577. The van der Waals surface area contributed by atoms with Crippen molar-refractivity contribution in [1.82, 2.24) is 4.57 Å². The molecule has 0 saturated carbocycles. The molecule has 0 saturated heterocycles. The van der Waals surface area contributed by atoms with Crippen LogP contribution in [0.25, 0.3) is 6.08 Å². The third-order valence-corrected chi connectivity index (χ3v) is 7.87. The number of allylic oxidation sites excluding steroid dienone is 1. The third-order valence-electron chi connectivity index (χ3n) is 5.43. The van der Waals surface area contributed by atoms with Gasteiger partial charge in [0.05, 0.1) is 15.8 Å². The van der Waals surface area contributed by atoms with E-state index in [1.54, 1.807) is 11.5 Å². The molecule has 1 unspecified atom stereocenters. The summed E-state index contributed by atoms with van der Waals surface area (Å²) in [6.07, 6.45) is 1.86. The van der Waals surface area contributed by atoms with Gasteiger partial charge in [-0.15, -0.1) is 11.3 Å². The number of thiazole rings is 1. The lowest BCUT2D eigenvalue weighted by Gasteiger charge is -2.23. The number of aromatic nitrogens is 1. The minimum absolute atomic E-state index is 0.154. The number of thiophene rings is 1. The van der Waals surface area contributed by atoms with E-state index in [9.17, 15) is 9.59 Å². The van der Waals surface area contributed by atoms with Crippen LogP contribution in [0, 0.1) is 0 Å². The summed E-state index contributed by atoms with van der Waals surface area (Å²) in [5.74, 6) is -0.467. The third kappa shape index (κ3) is 4.49. The van der Waals surface area contributed by atoms with Crippen LogP contribution in [-0.4, -0.2) is 10.5 Å². The predicted molar refractivity (Wildman–Crippen MR) is 138 cm³/mol. The molecule has 0 radical (unpaired) electrons. The summed E-state index contributed by atoms with van der Waals surface area (Å²) in [6, 6.07) is 20.6. The number of benzene rings is 2. The molecule has 5 rings (SSSR count). The summed E-state index contributed by atoms with van der Waals surface area (Å²) in [5, 5.41) is 1.94. The first kappa shape index (κ1) is 22.7. The second-order valence-electron chi connectivity index (χ2n) is 7.71. The average Bonchev–Trinajstić information content (AvgIpc) is 3.47. The Balaban J connectivity index is 1.58. The van der Waals surface area contributed by atoms with Gasteiger partial charge in [-0.25, -0.2) is 9.79 Å². The maximum Gasteiger partial charge on any atom is 0.338 e. The molecule has 5 nitrogen and oxygen atoms in total. The standard InChI is InChI=1S/C26H19BrN2O3S2/c1-16-22(25(31)32-15-18-6-3-2-4-7-18)23(20-8-5-13-33-20)29-24(30)21(34-26(29)28-16)14-17-9-11-19(27)12-10-17/h2-14,23H,15H2,1H3. The van der Waals surface area contributed by atoms with Crippen molar-refractivity contribution in [2.75, 3.05) is 0 Å². The average molecular weight is 551 g/mol. The molecule has 2 aromatic heterocycles. The lowest BCUT2D eigenvalue weighted by molar-refractivity contribution is -0.140. The fourth-order valence-electron chi connectivity index (χ4n) is 3.81. The molecule has 0 N–H and O–H groups in total. The van der Waals surface area contributed by atoms with E-state index in [1.165, 1.54) is 22.7 Å². The molecule has 8 heteroatoms. The van der Waals surface area contributed by atoms with E-state index in [-0.39, 0.29) is 12.2 Å². The molecule has 0 amide bonds. The highest BCUT2D eigenvalue weighted by Gasteiger charge is 2.34. The number of ether oxygens (including phenoxy) is 1. The second-order valence-corrected chi connectivity index (χ2v) is 10.6. The van der Waals surface area contributed by atoms with E-state index < -0.39 is 12.0 Å². The van der Waals surface area contributed by atoms with Crippen LogP contribution in [0.1, 0.15) is 29.0 Å². The summed E-state index contributed by atoms with van der Waals surface area (Å²) >= 11 is 6.26. The van der Waals surface area contributed by atoms with Crippen LogP contribution < -0.4 is 14.9 Å². The Bertz CT molecular complexity index is 1550. The molecule has 1 atom stereocenters. The highest BCUT2D eigenvalue weighted by Crippen LogP contribution is 2.33. The molecule has 0 spiro atoms. The fraction of sp³-hybridized carbons (Fsp3) is 0.115. The molecule has 170 valence electrons. The van der Waals surface area contributed by atoms with Crippen molar-refractivity contribution in [3.05, 3.63) is 124 Å². The zero-order valence-corrected chi connectivity index (χ0v) is 21.3. The van der Waals surface area contributed by atoms with Gasteiger partial charge in [-0.1, -0.05) is 75.8 Å². The summed E-state index contributed by atoms with van der Waals surface area (Å²) in [5.41, 5.74) is 2.59. The number of esters is 1. The van der Waals surface area contributed by atoms with Gasteiger partial charge in [0.25, 0.3) is 5.56 Å². The summed E-state index contributed by atoms with van der Waals surface area (Å²) < 4.78 is 8.81. The molecule has 1 aliphatic rings. The molecule has 4 aromatic rings. The van der Waals surface area contributed by atoms with Crippen molar-refractivity contribution < 1.29 is 9.53 Å². The maximum atomic E-state index is 13.5. The number of nitrogens with zero attached hydrogens (tertiary/aromatic N) is 2. The fourth-order valence-corrected chi connectivity index (χ4v) is 5.94. The van der Waals surface area contributed by atoms with Crippen molar-refractivity contribution in [3.63, 3.8) is 0 Å². The lowest BCUT2D eigenvalue weighted by Crippen LogP contribution is -2.39. The molecule has 34 heavy (non-hydrogen) atoms. The van der Waals surface area contributed by atoms with Crippen LogP contribution in [0.2, 0.25) is 0 Å². The summed E-state index contributed by atoms with van der Waals surface area (Å²) in [4.78, 5) is 32.9. The van der Waals surface area contributed by atoms with Gasteiger partial charge in [0.15, 0.2) is 4.80 Å². The summed E-state index contributed by atoms with van der Waals surface area (Å²) in [7, 11) is 0. The van der Waals surface area contributed by atoms with Crippen LogP contribution in [0.15, 0.2) is 97.6 Å². The highest BCUT2D eigenvalue weighted by atomic mass is 79.9. The van der Waals surface area contributed by atoms with Gasteiger partial charge in [0, 0.05) is 9.35 Å². The van der Waals surface area contributed by atoms with E-state index in [0.29, 0.717) is 20.6 Å². The molecular weight excluding hydrogens is 532 g/mol. The zero-order valence-electron chi connectivity index (χ0n) is 18.1. The van der Waals surface area contributed by atoms with Crippen LogP contribution in [-0.2, 0) is 16.1 Å². The second kappa shape index (κ2) is 9.66. The molecule has 0 fully saturated rings. The van der Waals surface area contributed by atoms with Gasteiger partial charge in [-0.2, -0.15) is 0 Å². The summed E-state index contributed by atoms with van der Waals surface area (Å²) in [6.45, 7) is 1.95. The number of hydrogen-bond acceptors (Lipinski definition) is 6. The van der Waals surface area contributed by atoms with Gasteiger partial charge in [0.1, 0.15) is 12.6 Å². The van der Waals surface area contributed by atoms with Gasteiger partial charge in [-0.3, -0.25) is 9.36 Å². The van der Waals surface area contributed by atoms with Crippen LogP contribution >= 0.6 is 38.6 Å². The van der Waals surface area contributed by atoms with Gasteiger partial charge in [-0.05, 0) is 47.7 Å². The quantitative estimate of drug-likeness (QED) is 0.335. The van der Waals surface area contributed by atoms with E-state index in [4.69, 9.17) is 4.74 Å². The maximum absolute atomic E-state index is 13.5. The Morgan fingerprint density at radius 2 is 1.88 bits per heavy atom. The first-order chi connectivity index (χ1) is 16.5. The molecule has 1 aliphatic heterocycles. The first-order valence-electron chi connectivity index (χ1n) is 10.5. The van der Waals surface area contributed by atoms with E-state index in [2.05, 4.69) is 20.9 Å². The molecule has 2 aromatic carbocycles. The van der Waals surface area contributed by atoms with Gasteiger partial charge in [0.2, 0.25) is 0 Å². The van der Waals surface area contributed by atoms with Crippen LogP contribution in [0.4, 0.5) is 0 Å². The van der Waals surface area contributed by atoms with Crippen molar-refractivity contribution in [2.45, 2.75) is 19.6 Å². The van der Waals surface area contributed by atoms with Crippen molar-refractivity contribution >= 4 is 50.6 Å². The van der Waals surface area contributed by atoms with Gasteiger partial charge >= 0.3 is 5.97 Å². The Morgan fingerprint density at radius 1 is 1.12 bits per heavy atom. The van der Waals surface area contributed by atoms with E-state index in [0.717, 1.165) is 20.5 Å². The largest absolute Gasteiger partial charge is 0.457 e. The first-order valence-corrected chi connectivity index (χ1v) is 13.0. The highest BCUT2D eigenvalue weighted by molar-refractivity contribution is 9.10. The van der Waals surface area contributed by atoms with Crippen LogP contribution in [0.3, 0.4) is 0 Å². The predicted octanol–water partition coefficient (Wildman–Crippen LogP) is 4.80. The van der Waals surface area contributed by atoms with E-state index in [1.807, 2.05) is 78.2 Å². The number of hydrogen-bond donors (Lipinski definition) is 0. The smallest absolute Gasteiger partial charge is 0.338 e. The van der Waals surface area contributed by atoms with Crippen molar-refractivity contribution in [3.8, 4) is 0 Å². The topological polar surface area (TPSA) is 60.7 Å². The Hall–Kier alpha value is -3.07. The van der Waals surface area contributed by atoms with Crippen LogP contribution in [0.5, 0.6) is 0 Å². The number of fused-ring (bicyclic) bond motifs is 1. The Labute approximate surface area is 212 Å². The molecular formula is C26H19BrN2O3S2. The number of rotatable bonds is 5.